The van der Waals surface area contributed by atoms with Crippen LogP contribution in [0.15, 0.2) is 18.2 Å². The summed E-state index contributed by atoms with van der Waals surface area (Å²) in [6.45, 7) is 0. The molecule has 0 bridgehead atoms. The molecular formula is C9H5F2NO. The van der Waals surface area contributed by atoms with Crippen LogP contribution in [0.1, 0.15) is 5.56 Å². The van der Waals surface area contributed by atoms with E-state index in [1.165, 1.54) is 6.08 Å². The average molecular weight is 181 g/mol. The van der Waals surface area contributed by atoms with Gasteiger partial charge in [-0.25, -0.2) is 4.39 Å². The molecule has 1 N–H and O–H groups in total. The Morgan fingerprint density at radius 3 is 2.62 bits per heavy atom. The molecule has 0 aliphatic carbocycles. The smallest absolute Gasteiger partial charge is 0.200 e. The Hall–Kier alpha value is -1.89. The van der Waals surface area contributed by atoms with Crippen molar-refractivity contribution in [3.05, 3.63) is 35.4 Å². The number of phenolic OH excluding ortho intramolecular Hbond substituents is 1. The van der Waals surface area contributed by atoms with Gasteiger partial charge in [-0.2, -0.15) is 9.65 Å². The van der Waals surface area contributed by atoms with Crippen LogP contribution in [0, 0.1) is 23.0 Å². The van der Waals surface area contributed by atoms with E-state index >= 15 is 0 Å². The lowest BCUT2D eigenvalue weighted by atomic mass is 10.2. The molecule has 0 heterocycles. The Morgan fingerprint density at radius 2 is 2.08 bits per heavy atom. The molecule has 0 unspecified atom stereocenters. The van der Waals surface area contributed by atoms with E-state index < -0.39 is 17.4 Å². The molecule has 0 fully saturated rings. The van der Waals surface area contributed by atoms with Crippen molar-refractivity contribution >= 4 is 6.08 Å². The summed E-state index contributed by atoms with van der Waals surface area (Å²) in [5, 5.41) is 17.0. The highest BCUT2D eigenvalue weighted by molar-refractivity contribution is 5.54. The van der Waals surface area contributed by atoms with E-state index in [-0.39, 0.29) is 5.56 Å². The number of rotatable bonds is 1. The number of benzene rings is 1. The van der Waals surface area contributed by atoms with Gasteiger partial charge in [-0.05, 0) is 23.8 Å². The minimum Gasteiger partial charge on any atom is -0.505 e. The molecule has 2 nitrogen and oxygen atoms in total. The van der Waals surface area contributed by atoms with Crippen LogP contribution < -0.4 is 0 Å². The van der Waals surface area contributed by atoms with Crippen LogP contribution >= 0.6 is 0 Å². The van der Waals surface area contributed by atoms with Crippen LogP contribution in [0.5, 0.6) is 5.75 Å². The van der Waals surface area contributed by atoms with Gasteiger partial charge >= 0.3 is 0 Å². The Kier molecular flexibility index (Phi) is 2.60. The molecule has 0 aromatic heterocycles. The van der Waals surface area contributed by atoms with Crippen molar-refractivity contribution < 1.29 is 13.9 Å². The lowest BCUT2D eigenvalue weighted by Gasteiger charge is -1.98. The SMILES string of the molecule is N#CC=Cc1cc(O)c(F)c(F)c1. The highest BCUT2D eigenvalue weighted by atomic mass is 19.2. The first-order chi connectivity index (χ1) is 6.15. The molecule has 13 heavy (non-hydrogen) atoms. The van der Waals surface area contributed by atoms with Gasteiger partial charge in [0, 0.05) is 6.08 Å². The van der Waals surface area contributed by atoms with E-state index in [4.69, 9.17) is 10.4 Å². The van der Waals surface area contributed by atoms with Crippen LogP contribution in [-0.4, -0.2) is 5.11 Å². The predicted molar refractivity (Wildman–Crippen MR) is 42.7 cm³/mol. The van der Waals surface area contributed by atoms with Crippen molar-refractivity contribution in [3.8, 4) is 11.8 Å². The summed E-state index contributed by atoms with van der Waals surface area (Å²) in [4.78, 5) is 0. The van der Waals surface area contributed by atoms with Gasteiger partial charge in [0.2, 0.25) is 0 Å². The van der Waals surface area contributed by atoms with Crippen LogP contribution in [0.2, 0.25) is 0 Å². The summed E-state index contributed by atoms with van der Waals surface area (Å²) in [6.07, 6.45) is 2.37. The first kappa shape index (κ1) is 9.20. The zero-order valence-corrected chi connectivity index (χ0v) is 6.46. The number of nitriles is 1. The number of phenols is 1. The topological polar surface area (TPSA) is 44.0 Å². The molecule has 4 heteroatoms. The molecule has 1 aromatic carbocycles. The van der Waals surface area contributed by atoms with Crippen molar-refractivity contribution in [2.24, 2.45) is 0 Å². The van der Waals surface area contributed by atoms with Crippen LogP contribution in [-0.2, 0) is 0 Å². The summed E-state index contributed by atoms with van der Waals surface area (Å²) in [5.74, 6) is -3.19. The van der Waals surface area contributed by atoms with Gasteiger partial charge < -0.3 is 5.11 Å². The quantitative estimate of drug-likeness (QED) is 0.675. The lowest BCUT2D eigenvalue weighted by Crippen LogP contribution is -1.85. The van der Waals surface area contributed by atoms with Crippen molar-refractivity contribution in [2.45, 2.75) is 0 Å². The number of allylic oxidation sites excluding steroid dienone is 1. The average Bonchev–Trinajstić information content (AvgIpc) is 2.10. The second kappa shape index (κ2) is 3.68. The van der Waals surface area contributed by atoms with Crippen molar-refractivity contribution in [3.63, 3.8) is 0 Å². The third-order valence-electron chi connectivity index (χ3n) is 1.38. The number of halogens is 2. The van der Waals surface area contributed by atoms with E-state index in [0.717, 1.165) is 18.2 Å². The van der Waals surface area contributed by atoms with E-state index in [2.05, 4.69) is 0 Å². The number of hydrogen-bond donors (Lipinski definition) is 1. The Bertz CT molecular complexity index is 370. The molecule has 0 atom stereocenters. The maximum Gasteiger partial charge on any atom is 0.200 e. The third-order valence-corrected chi connectivity index (χ3v) is 1.38. The van der Waals surface area contributed by atoms with Crippen LogP contribution in [0.25, 0.3) is 6.08 Å². The van der Waals surface area contributed by atoms with Gasteiger partial charge in [-0.1, -0.05) is 0 Å². The monoisotopic (exact) mass is 181 g/mol. The van der Waals surface area contributed by atoms with Gasteiger partial charge in [0.1, 0.15) is 0 Å². The fourth-order valence-corrected chi connectivity index (χ4v) is 0.825. The van der Waals surface area contributed by atoms with Crippen LogP contribution in [0.3, 0.4) is 0 Å². The van der Waals surface area contributed by atoms with Crippen molar-refractivity contribution in [1.82, 2.24) is 0 Å². The molecule has 1 rings (SSSR count). The fourth-order valence-electron chi connectivity index (χ4n) is 0.825. The Morgan fingerprint density at radius 1 is 1.38 bits per heavy atom. The molecule has 66 valence electrons. The zero-order valence-electron chi connectivity index (χ0n) is 6.46. The molecule has 0 aliphatic rings. The fraction of sp³-hybridized carbons (Fsp3) is 0. The first-order valence-electron chi connectivity index (χ1n) is 3.39. The standard InChI is InChI=1S/C9H5F2NO/c10-7-4-6(2-1-3-12)5-8(13)9(7)11/h1-2,4-5,13H. The maximum absolute atomic E-state index is 12.6. The van der Waals surface area contributed by atoms with E-state index in [1.807, 2.05) is 0 Å². The molecule has 1 aromatic rings. The van der Waals surface area contributed by atoms with Gasteiger partial charge in [0.25, 0.3) is 0 Å². The summed E-state index contributed by atoms with van der Waals surface area (Å²) in [5.41, 5.74) is 0.234. The van der Waals surface area contributed by atoms with E-state index in [9.17, 15) is 8.78 Å². The predicted octanol–water partition coefficient (Wildman–Crippen LogP) is 2.21. The normalized spacial score (nSPS) is 10.2. The van der Waals surface area contributed by atoms with Gasteiger partial charge in [0.15, 0.2) is 17.4 Å². The molecular weight excluding hydrogens is 176 g/mol. The number of aromatic hydroxyl groups is 1. The number of hydrogen-bond acceptors (Lipinski definition) is 2. The molecule has 0 aliphatic heterocycles. The Labute approximate surface area is 73.4 Å². The minimum absolute atomic E-state index is 0.234. The van der Waals surface area contributed by atoms with Crippen molar-refractivity contribution in [2.75, 3.05) is 0 Å². The first-order valence-corrected chi connectivity index (χ1v) is 3.39. The maximum atomic E-state index is 12.6. The third kappa shape index (κ3) is 2.03. The second-order valence-electron chi connectivity index (χ2n) is 2.30. The van der Waals surface area contributed by atoms with Crippen LogP contribution in [0.4, 0.5) is 8.78 Å². The van der Waals surface area contributed by atoms with Gasteiger partial charge in [-0.3, -0.25) is 0 Å². The minimum atomic E-state index is -1.28. The number of nitrogens with zero attached hydrogens (tertiary/aromatic N) is 1. The largest absolute Gasteiger partial charge is 0.505 e. The molecule has 0 saturated heterocycles. The van der Waals surface area contributed by atoms with Crippen molar-refractivity contribution in [1.29, 1.82) is 5.26 Å². The summed E-state index contributed by atoms with van der Waals surface area (Å²) < 4.78 is 25.1. The summed E-state index contributed by atoms with van der Waals surface area (Å²) in [7, 11) is 0. The Balaban J connectivity index is 3.15. The second-order valence-corrected chi connectivity index (χ2v) is 2.30. The summed E-state index contributed by atoms with van der Waals surface area (Å²) >= 11 is 0. The van der Waals surface area contributed by atoms with E-state index in [1.54, 1.807) is 6.07 Å². The van der Waals surface area contributed by atoms with E-state index in [0.29, 0.717) is 0 Å². The van der Waals surface area contributed by atoms with Gasteiger partial charge in [0.05, 0.1) is 6.07 Å². The zero-order chi connectivity index (χ0) is 9.84. The molecule has 0 radical (unpaired) electrons. The molecule has 0 amide bonds. The molecule has 0 saturated carbocycles. The lowest BCUT2D eigenvalue weighted by molar-refractivity contribution is 0.407. The summed E-state index contributed by atoms with van der Waals surface area (Å²) in [6, 6.07) is 3.62. The molecule has 0 spiro atoms. The highest BCUT2D eigenvalue weighted by Crippen LogP contribution is 2.21. The highest BCUT2D eigenvalue weighted by Gasteiger charge is 2.07. The van der Waals surface area contributed by atoms with Gasteiger partial charge in [-0.15, -0.1) is 0 Å².